The van der Waals surface area contributed by atoms with Gasteiger partial charge in [-0.25, -0.2) is 18.7 Å². The van der Waals surface area contributed by atoms with Crippen LogP contribution < -0.4 is 0 Å². The van der Waals surface area contributed by atoms with E-state index in [2.05, 4.69) is 25.0 Å². The van der Waals surface area contributed by atoms with Gasteiger partial charge in [-0.15, -0.1) is 0 Å². The minimum Gasteiger partial charge on any atom is -0.450 e. The van der Waals surface area contributed by atoms with E-state index in [9.17, 15) is 23.9 Å². The Labute approximate surface area is 259 Å². The molecule has 4 aliphatic rings. The Bertz CT molecular complexity index is 1570. The molecule has 1 aromatic heterocycles. The Balaban J connectivity index is 1.27. The fourth-order valence-electron chi connectivity index (χ4n) is 9.24. The zero-order chi connectivity index (χ0) is 31.4. The number of thioether (sulfide) groups is 1. The molecular weight excluding hydrogens is 585 g/mol. The van der Waals surface area contributed by atoms with Crippen LogP contribution in [-0.2, 0) is 25.5 Å². The summed E-state index contributed by atoms with van der Waals surface area (Å²) in [4.78, 5) is 37.4. The average molecular weight is 622 g/mol. The molecule has 11 heteroatoms. The molecule has 3 fully saturated rings. The second kappa shape index (κ2) is 11.5. The second-order valence-electron chi connectivity index (χ2n) is 13.2. The number of rotatable bonds is 5. The van der Waals surface area contributed by atoms with E-state index >= 15 is 0 Å². The molecule has 232 valence electrons. The molecule has 0 bridgehead atoms. The van der Waals surface area contributed by atoms with Crippen LogP contribution >= 0.6 is 11.8 Å². The number of carbonyl (C=O) groups excluding carboxylic acids is 3. The topological polar surface area (TPSA) is 132 Å². The molecular formula is C33H36FN3O6S. The van der Waals surface area contributed by atoms with Crippen LogP contribution in [0.3, 0.4) is 0 Å². The number of esters is 2. The number of benzene rings is 1. The quantitative estimate of drug-likeness (QED) is 0.333. The maximum absolute atomic E-state index is 13.6. The number of aliphatic hydroxyl groups is 1. The highest BCUT2D eigenvalue weighted by Gasteiger charge is 2.64. The predicted octanol–water partition coefficient (Wildman–Crippen LogP) is 5.63. The molecule has 6 rings (SSSR count). The number of allylic oxidation sites excluding steroid dienone is 1. The summed E-state index contributed by atoms with van der Waals surface area (Å²) >= 11 is 0.577. The Morgan fingerprint density at radius 1 is 1.23 bits per heavy atom. The summed E-state index contributed by atoms with van der Waals surface area (Å²) in [5.41, 5.74) is 3.34. The van der Waals surface area contributed by atoms with Crippen LogP contribution in [0, 0.1) is 51.6 Å². The number of hydrogen-bond donors (Lipinski definition) is 1. The predicted molar refractivity (Wildman–Crippen MR) is 160 cm³/mol. The van der Waals surface area contributed by atoms with E-state index in [-0.39, 0.29) is 34.7 Å². The van der Waals surface area contributed by atoms with E-state index in [1.54, 1.807) is 12.1 Å². The summed E-state index contributed by atoms with van der Waals surface area (Å²) in [6.45, 7) is 5.54. The zero-order valence-corrected chi connectivity index (χ0v) is 25.8. The molecule has 0 radical (unpaired) electrons. The van der Waals surface area contributed by atoms with Gasteiger partial charge >= 0.3 is 17.2 Å². The first kappa shape index (κ1) is 30.5. The first-order valence-electron chi connectivity index (χ1n) is 15.1. The standard InChI is InChI=1S/C33H36FN3O6S/c1-18(38)42-29(30(40)43-31(41)44-13-12-35)25-11-10-24-23-9-4-20-14-26-19(17-36-37(26)22-7-5-21(34)6-8-22)15-32(20,2)28(23)27(39)16-33(24,25)3/h5-8,14,17,23-25,27-29,39H,4,9-11,13,15-16H2,1-3H3/t23-,24-,25-,27-,28+,29?,32-,33-/m0/s1. The molecule has 1 aromatic carbocycles. The molecule has 3 saturated carbocycles. The Morgan fingerprint density at radius 3 is 2.68 bits per heavy atom. The highest BCUT2D eigenvalue weighted by atomic mass is 32.2. The molecule has 4 aliphatic carbocycles. The van der Waals surface area contributed by atoms with E-state index in [1.165, 1.54) is 24.6 Å². The van der Waals surface area contributed by atoms with Gasteiger partial charge in [0.05, 0.1) is 35.5 Å². The summed E-state index contributed by atoms with van der Waals surface area (Å²) in [6, 6.07) is 8.10. The van der Waals surface area contributed by atoms with Crippen molar-refractivity contribution in [3.63, 3.8) is 0 Å². The first-order chi connectivity index (χ1) is 21.0. The Morgan fingerprint density at radius 2 is 1.98 bits per heavy atom. The maximum Gasteiger partial charge on any atom is 0.376 e. The molecule has 0 spiro atoms. The van der Waals surface area contributed by atoms with Crippen molar-refractivity contribution in [3.05, 3.63) is 53.1 Å². The molecule has 8 atom stereocenters. The number of hydrogen-bond acceptors (Lipinski definition) is 9. The van der Waals surface area contributed by atoms with Gasteiger partial charge in [-0.1, -0.05) is 19.4 Å². The van der Waals surface area contributed by atoms with Crippen molar-refractivity contribution in [1.29, 1.82) is 5.26 Å². The normalized spacial score (nSPS) is 32.5. The first-order valence-corrected chi connectivity index (χ1v) is 16.1. The number of carbonyl (C=O) groups is 3. The third kappa shape index (κ3) is 5.06. The summed E-state index contributed by atoms with van der Waals surface area (Å²) in [5, 5.41) is 24.4. The number of fused-ring (bicyclic) bond motifs is 6. The fourth-order valence-corrected chi connectivity index (χ4v) is 9.57. The SMILES string of the molecule is CC(=O)OC(C(=O)OC(=O)SCC#N)[C@@H]1CC[C@H]2[C@@H]3CCC4=Cc5c(cnn5-c5ccc(F)cc5)C[C@]4(C)[C@H]3[C@@H](O)C[C@]12C. The molecule has 1 unspecified atom stereocenters. The van der Waals surface area contributed by atoms with Crippen LogP contribution in [0.4, 0.5) is 9.18 Å². The maximum atomic E-state index is 13.6. The number of nitriles is 1. The number of halogens is 1. The van der Waals surface area contributed by atoms with Gasteiger partial charge in [0, 0.05) is 12.8 Å². The molecule has 0 saturated heterocycles. The lowest BCUT2D eigenvalue weighted by Gasteiger charge is -2.60. The van der Waals surface area contributed by atoms with E-state index < -0.39 is 40.8 Å². The van der Waals surface area contributed by atoms with E-state index in [0.717, 1.165) is 42.6 Å². The van der Waals surface area contributed by atoms with E-state index in [1.807, 2.05) is 16.9 Å². The molecule has 9 nitrogen and oxygen atoms in total. The molecule has 1 heterocycles. The zero-order valence-electron chi connectivity index (χ0n) is 25.0. The average Bonchev–Trinajstić information content (AvgIpc) is 3.53. The van der Waals surface area contributed by atoms with Gasteiger partial charge in [0.15, 0.2) is 0 Å². The van der Waals surface area contributed by atoms with Crippen molar-refractivity contribution in [3.8, 4) is 11.8 Å². The van der Waals surface area contributed by atoms with Gasteiger partial charge in [-0.05, 0) is 115 Å². The van der Waals surface area contributed by atoms with Gasteiger partial charge in [-0.3, -0.25) is 4.79 Å². The Kier molecular flexibility index (Phi) is 7.95. The van der Waals surface area contributed by atoms with Crippen molar-refractivity contribution >= 4 is 35.1 Å². The van der Waals surface area contributed by atoms with Crippen molar-refractivity contribution in [2.45, 2.75) is 71.5 Å². The smallest absolute Gasteiger partial charge is 0.376 e. The van der Waals surface area contributed by atoms with Crippen LogP contribution in [0.1, 0.15) is 64.1 Å². The van der Waals surface area contributed by atoms with Crippen molar-refractivity contribution in [2.24, 2.45) is 34.5 Å². The fraction of sp³-hybridized carbons (Fsp3) is 0.545. The third-order valence-corrected chi connectivity index (χ3v) is 11.5. The number of ether oxygens (including phenoxy) is 2. The van der Waals surface area contributed by atoms with Crippen LogP contribution in [-0.4, -0.2) is 50.1 Å². The van der Waals surface area contributed by atoms with Gasteiger partial charge in [-0.2, -0.15) is 10.4 Å². The lowest BCUT2D eigenvalue weighted by atomic mass is 9.45. The van der Waals surface area contributed by atoms with Crippen molar-refractivity contribution in [1.82, 2.24) is 9.78 Å². The summed E-state index contributed by atoms with van der Waals surface area (Å²) < 4.78 is 25.9. The molecule has 2 aromatic rings. The van der Waals surface area contributed by atoms with Crippen LogP contribution in [0.25, 0.3) is 11.8 Å². The largest absolute Gasteiger partial charge is 0.450 e. The Hall–Kier alpha value is -3.49. The van der Waals surface area contributed by atoms with E-state index in [4.69, 9.17) is 14.7 Å². The highest BCUT2D eigenvalue weighted by Crippen LogP contribution is 2.67. The van der Waals surface area contributed by atoms with Crippen LogP contribution in [0.2, 0.25) is 0 Å². The van der Waals surface area contributed by atoms with E-state index in [0.29, 0.717) is 24.6 Å². The van der Waals surface area contributed by atoms with Gasteiger partial charge in [0.2, 0.25) is 6.10 Å². The van der Waals surface area contributed by atoms with Crippen molar-refractivity contribution < 1.29 is 33.4 Å². The van der Waals surface area contributed by atoms with Gasteiger partial charge in [0.25, 0.3) is 0 Å². The molecule has 0 amide bonds. The summed E-state index contributed by atoms with van der Waals surface area (Å²) in [5.74, 6) is -2.11. The molecule has 0 aliphatic heterocycles. The monoisotopic (exact) mass is 621 g/mol. The van der Waals surface area contributed by atoms with Crippen LogP contribution in [0.5, 0.6) is 0 Å². The van der Waals surface area contributed by atoms with Crippen molar-refractivity contribution in [2.75, 3.05) is 5.75 Å². The van der Waals surface area contributed by atoms with Gasteiger partial charge in [0.1, 0.15) is 5.82 Å². The second-order valence-corrected chi connectivity index (χ2v) is 14.1. The minimum atomic E-state index is -1.28. The highest BCUT2D eigenvalue weighted by molar-refractivity contribution is 8.13. The van der Waals surface area contributed by atoms with Crippen LogP contribution in [0.15, 0.2) is 36.0 Å². The summed E-state index contributed by atoms with van der Waals surface area (Å²) in [6.07, 6.45) is 6.43. The lowest BCUT2D eigenvalue weighted by molar-refractivity contribution is -0.176. The van der Waals surface area contributed by atoms with Gasteiger partial charge < -0.3 is 14.6 Å². The molecule has 44 heavy (non-hydrogen) atoms. The number of nitrogens with zero attached hydrogens (tertiary/aromatic N) is 3. The number of aliphatic hydroxyl groups excluding tert-OH is 1. The number of aromatic nitrogens is 2. The third-order valence-electron chi connectivity index (χ3n) is 10.9. The minimum absolute atomic E-state index is 0.00951. The lowest BCUT2D eigenvalue weighted by Crippen LogP contribution is -2.58. The molecule has 1 N–H and O–H groups in total. The summed E-state index contributed by atoms with van der Waals surface area (Å²) in [7, 11) is 0.